The van der Waals surface area contributed by atoms with Crippen LogP contribution in [0, 0.1) is 0 Å². The van der Waals surface area contributed by atoms with Crippen LogP contribution >= 0.6 is 0 Å². The van der Waals surface area contributed by atoms with Crippen LogP contribution in [0.25, 0.3) is 0 Å². The Balaban J connectivity index is 2.16. The molecule has 1 aliphatic carbocycles. The van der Waals surface area contributed by atoms with Crippen molar-refractivity contribution in [1.82, 2.24) is 5.32 Å². The predicted molar refractivity (Wildman–Crippen MR) is 39.3 cm³/mol. The van der Waals surface area contributed by atoms with Crippen LogP contribution in [0.2, 0.25) is 0 Å². The van der Waals surface area contributed by atoms with Crippen LogP contribution in [-0.2, 0) is 4.79 Å². The Bertz CT molecular complexity index is 150. The standard InChI is InChI=1S/C7H12N2O/c1-2-7(10)9-6-3-5(8)4-6/h2,5-6H,1,3-4,8H2,(H,9,10). The first-order valence-corrected chi connectivity index (χ1v) is 3.41. The van der Waals surface area contributed by atoms with E-state index < -0.39 is 0 Å². The summed E-state index contributed by atoms with van der Waals surface area (Å²) in [4.78, 5) is 10.7. The van der Waals surface area contributed by atoms with Gasteiger partial charge in [0.15, 0.2) is 0 Å². The van der Waals surface area contributed by atoms with Gasteiger partial charge < -0.3 is 11.1 Å². The number of hydrogen-bond acceptors (Lipinski definition) is 2. The molecule has 1 amide bonds. The number of nitrogens with one attached hydrogen (secondary N) is 1. The third kappa shape index (κ3) is 1.57. The van der Waals surface area contributed by atoms with Gasteiger partial charge in [0.2, 0.25) is 5.91 Å². The highest BCUT2D eigenvalue weighted by Crippen LogP contribution is 2.16. The van der Waals surface area contributed by atoms with Crippen LogP contribution in [0.1, 0.15) is 12.8 Å². The molecule has 0 saturated heterocycles. The molecule has 0 radical (unpaired) electrons. The highest BCUT2D eigenvalue weighted by molar-refractivity contribution is 5.87. The maximum Gasteiger partial charge on any atom is 0.243 e. The third-order valence-electron chi connectivity index (χ3n) is 1.71. The van der Waals surface area contributed by atoms with Crippen LogP contribution in [0.15, 0.2) is 12.7 Å². The van der Waals surface area contributed by atoms with Crippen LogP contribution in [0.4, 0.5) is 0 Å². The van der Waals surface area contributed by atoms with Crippen molar-refractivity contribution in [2.75, 3.05) is 0 Å². The normalized spacial score (nSPS) is 30.5. The van der Waals surface area contributed by atoms with Gasteiger partial charge in [-0.3, -0.25) is 4.79 Å². The molecule has 0 aromatic heterocycles. The van der Waals surface area contributed by atoms with Gasteiger partial charge in [-0.25, -0.2) is 0 Å². The molecule has 1 aliphatic rings. The minimum absolute atomic E-state index is 0.100. The number of rotatable bonds is 2. The molecule has 1 rings (SSSR count). The maximum absolute atomic E-state index is 10.7. The molecule has 0 spiro atoms. The lowest BCUT2D eigenvalue weighted by molar-refractivity contribution is -0.117. The Morgan fingerprint density at radius 2 is 2.30 bits per heavy atom. The molecule has 0 aromatic rings. The molecule has 0 heterocycles. The minimum Gasteiger partial charge on any atom is -0.350 e. The van der Waals surface area contributed by atoms with Crippen molar-refractivity contribution in [2.45, 2.75) is 24.9 Å². The second-order valence-corrected chi connectivity index (χ2v) is 2.64. The lowest BCUT2D eigenvalue weighted by atomic mass is 9.88. The zero-order chi connectivity index (χ0) is 7.56. The average Bonchev–Trinajstić information content (AvgIpc) is 1.84. The summed E-state index contributed by atoms with van der Waals surface area (Å²) in [6.07, 6.45) is 3.09. The first-order chi connectivity index (χ1) is 4.72. The summed E-state index contributed by atoms with van der Waals surface area (Å²) >= 11 is 0. The first kappa shape index (κ1) is 7.28. The highest BCUT2D eigenvalue weighted by atomic mass is 16.1. The highest BCUT2D eigenvalue weighted by Gasteiger charge is 2.26. The first-order valence-electron chi connectivity index (χ1n) is 3.41. The fourth-order valence-electron chi connectivity index (χ4n) is 1.04. The van der Waals surface area contributed by atoms with Crippen molar-refractivity contribution in [2.24, 2.45) is 5.73 Å². The van der Waals surface area contributed by atoms with Crippen LogP contribution < -0.4 is 11.1 Å². The lowest BCUT2D eigenvalue weighted by Crippen LogP contribution is -2.49. The molecule has 0 unspecified atom stereocenters. The number of carbonyl (C=O) groups excluding carboxylic acids is 1. The van der Waals surface area contributed by atoms with Gasteiger partial charge in [-0.2, -0.15) is 0 Å². The summed E-state index contributed by atoms with van der Waals surface area (Å²) in [5, 5.41) is 2.76. The van der Waals surface area contributed by atoms with E-state index in [0.717, 1.165) is 12.8 Å². The van der Waals surface area contributed by atoms with Gasteiger partial charge in [-0.05, 0) is 18.9 Å². The number of carbonyl (C=O) groups is 1. The molecule has 1 fully saturated rings. The maximum atomic E-state index is 10.7. The van der Waals surface area contributed by atoms with Crippen molar-refractivity contribution in [3.05, 3.63) is 12.7 Å². The summed E-state index contributed by atoms with van der Waals surface area (Å²) < 4.78 is 0. The molecule has 10 heavy (non-hydrogen) atoms. The summed E-state index contributed by atoms with van der Waals surface area (Å²) in [7, 11) is 0. The van der Waals surface area contributed by atoms with E-state index in [1.54, 1.807) is 0 Å². The van der Waals surface area contributed by atoms with Gasteiger partial charge in [0.25, 0.3) is 0 Å². The van der Waals surface area contributed by atoms with E-state index in [1.807, 2.05) is 0 Å². The van der Waals surface area contributed by atoms with E-state index in [-0.39, 0.29) is 11.9 Å². The van der Waals surface area contributed by atoms with Gasteiger partial charge in [0.05, 0.1) is 0 Å². The molecular weight excluding hydrogens is 128 g/mol. The van der Waals surface area contributed by atoms with Crippen molar-refractivity contribution >= 4 is 5.91 Å². The van der Waals surface area contributed by atoms with Gasteiger partial charge in [-0.15, -0.1) is 0 Å². The van der Waals surface area contributed by atoms with Gasteiger partial charge >= 0.3 is 0 Å². The summed E-state index contributed by atoms with van der Waals surface area (Å²) in [6.45, 7) is 3.35. The average molecular weight is 140 g/mol. The Kier molecular flexibility index (Phi) is 2.06. The monoisotopic (exact) mass is 140 g/mol. The third-order valence-corrected chi connectivity index (χ3v) is 1.71. The summed E-state index contributed by atoms with van der Waals surface area (Å²) in [6, 6.07) is 0.579. The molecule has 0 bridgehead atoms. The van der Waals surface area contributed by atoms with Crippen molar-refractivity contribution in [1.29, 1.82) is 0 Å². The molecule has 3 N–H and O–H groups in total. The Morgan fingerprint density at radius 3 is 2.70 bits per heavy atom. The fraction of sp³-hybridized carbons (Fsp3) is 0.571. The number of hydrogen-bond donors (Lipinski definition) is 2. The molecule has 0 aliphatic heterocycles. The van der Waals surface area contributed by atoms with Gasteiger partial charge in [0.1, 0.15) is 0 Å². The zero-order valence-corrected chi connectivity index (χ0v) is 5.84. The minimum atomic E-state index is -0.100. The van der Waals surface area contributed by atoms with E-state index in [2.05, 4.69) is 11.9 Å². The van der Waals surface area contributed by atoms with Gasteiger partial charge in [0, 0.05) is 12.1 Å². The van der Waals surface area contributed by atoms with Crippen LogP contribution in [0.3, 0.4) is 0 Å². The van der Waals surface area contributed by atoms with E-state index >= 15 is 0 Å². The molecule has 3 nitrogen and oxygen atoms in total. The Labute approximate surface area is 60.3 Å². The predicted octanol–water partition coefficient (Wildman–Crippen LogP) is -0.222. The SMILES string of the molecule is C=CC(=O)NC1CC(N)C1. The second-order valence-electron chi connectivity index (χ2n) is 2.64. The lowest BCUT2D eigenvalue weighted by Gasteiger charge is -2.32. The van der Waals surface area contributed by atoms with E-state index in [1.165, 1.54) is 6.08 Å². The van der Waals surface area contributed by atoms with Gasteiger partial charge in [-0.1, -0.05) is 6.58 Å². The van der Waals surface area contributed by atoms with E-state index in [9.17, 15) is 4.79 Å². The molecule has 3 heteroatoms. The number of amides is 1. The van der Waals surface area contributed by atoms with Crippen molar-refractivity contribution < 1.29 is 4.79 Å². The Morgan fingerprint density at radius 1 is 1.70 bits per heavy atom. The smallest absolute Gasteiger partial charge is 0.243 e. The molecule has 1 saturated carbocycles. The second kappa shape index (κ2) is 2.84. The van der Waals surface area contributed by atoms with E-state index in [4.69, 9.17) is 5.73 Å². The van der Waals surface area contributed by atoms with Crippen molar-refractivity contribution in [3.63, 3.8) is 0 Å². The summed E-state index contributed by atoms with van der Waals surface area (Å²) in [5.41, 5.74) is 5.51. The molecule has 0 aromatic carbocycles. The van der Waals surface area contributed by atoms with Crippen molar-refractivity contribution in [3.8, 4) is 0 Å². The van der Waals surface area contributed by atoms with Crippen LogP contribution in [-0.4, -0.2) is 18.0 Å². The largest absolute Gasteiger partial charge is 0.350 e. The number of nitrogens with two attached hydrogens (primary N) is 1. The molecule has 0 atom stereocenters. The molecular formula is C7H12N2O. The quantitative estimate of drug-likeness (QED) is 0.521. The summed E-state index contributed by atoms with van der Waals surface area (Å²) in [5.74, 6) is -0.100. The van der Waals surface area contributed by atoms with Crippen LogP contribution in [0.5, 0.6) is 0 Å². The fourth-order valence-corrected chi connectivity index (χ4v) is 1.04. The Hall–Kier alpha value is -0.830. The topological polar surface area (TPSA) is 55.1 Å². The zero-order valence-electron chi connectivity index (χ0n) is 5.84. The molecule has 56 valence electrons. The van der Waals surface area contributed by atoms with E-state index in [0.29, 0.717) is 6.04 Å².